The smallest absolute Gasteiger partial charge is 0.191 e. The highest BCUT2D eigenvalue weighted by molar-refractivity contribution is 14.0. The molecule has 0 aliphatic carbocycles. The largest absolute Gasteiger partial charge is 0.357 e. The number of fused-ring (bicyclic) bond motifs is 1. The minimum Gasteiger partial charge on any atom is -0.357 e. The summed E-state index contributed by atoms with van der Waals surface area (Å²) in [6.45, 7) is 10.4. The fourth-order valence-corrected chi connectivity index (χ4v) is 3.61. The van der Waals surface area contributed by atoms with Crippen LogP contribution in [0.1, 0.15) is 51.2 Å². The number of aryl methyl sites for hydroxylation is 1. The van der Waals surface area contributed by atoms with E-state index in [1.807, 2.05) is 0 Å². The van der Waals surface area contributed by atoms with Gasteiger partial charge in [0.05, 0.1) is 0 Å². The zero-order valence-electron chi connectivity index (χ0n) is 15.5. The van der Waals surface area contributed by atoms with Crippen LogP contribution in [-0.4, -0.2) is 57.8 Å². The van der Waals surface area contributed by atoms with E-state index >= 15 is 0 Å². The molecular weight excluding hydrogens is 429 g/mol. The molecule has 8 heteroatoms. The van der Waals surface area contributed by atoms with Gasteiger partial charge in [-0.1, -0.05) is 6.92 Å². The van der Waals surface area contributed by atoms with Gasteiger partial charge in [-0.3, -0.25) is 0 Å². The molecule has 3 rings (SSSR count). The molecule has 7 nitrogen and oxygen atoms in total. The number of nitrogens with zero attached hydrogens (tertiary/aromatic N) is 5. The number of likely N-dealkylation sites (tertiary alicyclic amines) is 1. The molecule has 3 heterocycles. The minimum absolute atomic E-state index is 0. The molecule has 1 fully saturated rings. The molecule has 1 aromatic heterocycles. The number of guanidine groups is 1. The quantitative estimate of drug-likeness (QED) is 0.384. The SMILES string of the molecule is CCCN1CCC(NC(=NCc2nnc3n2CCC3)NCC)CC1.I. The number of piperidine rings is 1. The third-order valence-electron chi connectivity index (χ3n) is 4.88. The first-order valence-corrected chi connectivity index (χ1v) is 9.48. The molecule has 2 N–H and O–H groups in total. The first-order chi connectivity index (χ1) is 11.8. The van der Waals surface area contributed by atoms with Crippen molar-refractivity contribution in [3.8, 4) is 0 Å². The van der Waals surface area contributed by atoms with Gasteiger partial charge in [-0.15, -0.1) is 34.2 Å². The molecule has 0 unspecified atom stereocenters. The molecule has 0 radical (unpaired) electrons. The Hall–Kier alpha value is -0.900. The van der Waals surface area contributed by atoms with Gasteiger partial charge in [0, 0.05) is 38.6 Å². The fraction of sp³-hybridized carbons (Fsp3) is 0.824. The topological polar surface area (TPSA) is 70.4 Å². The van der Waals surface area contributed by atoms with Crippen molar-refractivity contribution < 1.29 is 0 Å². The van der Waals surface area contributed by atoms with Gasteiger partial charge in [0.25, 0.3) is 0 Å². The average Bonchev–Trinajstić information content (AvgIpc) is 3.19. The standard InChI is InChI=1S/C17H31N7.HI/c1-3-9-23-11-7-14(8-12-23)20-17(18-4-2)19-13-16-22-21-15-6-5-10-24(15)16;/h14H,3-13H2,1-2H3,(H2,18,19,20);1H. The van der Waals surface area contributed by atoms with Crippen LogP contribution in [0, 0.1) is 0 Å². The van der Waals surface area contributed by atoms with Crippen LogP contribution in [0.3, 0.4) is 0 Å². The Labute approximate surface area is 168 Å². The van der Waals surface area contributed by atoms with E-state index in [2.05, 4.69) is 44.1 Å². The summed E-state index contributed by atoms with van der Waals surface area (Å²) < 4.78 is 2.22. The second kappa shape index (κ2) is 10.3. The van der Waals surface area contributed by atoms with Crippen LogP contribution in [0.4, 0.5) is 0 Å². The molecule has 142 valence electrons. The van der Waals surface area contributed by atoms with Crippen molar-refractivity contribution in [2.24, 2.45) is 4.99 Å². The monoisotopic (exact) mass is 461 g/mol. The second-order valence-electron chi connectivity index (χ2n) is 6.74. The van der Waals surface area contributed by atoms with E-state index in [9.17, 15) is 0 Å². The summed E-state index contributed by atoms with van der Waals surface area (Å²) in [6, 6.07) is 0.514. The van der Waals surface area contributed by atoms with E-state index in [4.69, 9.17) is 4.99 Å². The number of aliphatic imine (C=N–C) groups is 1. The van der Waals surface area contributed by atoms with Gasteiger partial charge in [0.15, 0.2) is 11.8 Å². The third kappa shape index (κ3) is 5.54. The maximum Gasteiger partial charge on any atom is 0.191 e. The summed E-state index contributed by atoms with van der Waals surface area (Å²) in [5.74, 6) is 3.00. The van der Waals surface area contributed by atoms with Crippen molar-refractivity contribution in [3.05, 3.63) is 11.6 Å². The Morgan fingerprint density at radius 3 is 2.72 bits per heavy atom. The Morgan fingerprint density at radius 1 is 1.20 bits per heavy atom. The number of aromatic nitrogens is 3. The van der Waals surface area contributed by atoms with Gasteiger partial charge in [0.2, 0.25) is 0 Å². The zero-order chi connectivity index (χ0) is 16.8. The highest BCUT2D eigenvalue weighted by Crippen LogP contribution is 2.14. The van der Waals surface area contributed by atoms with Crippen LogP contribution >= 0.6 is 24.0 Å². The molecule has 0 saturated carbocycles. The van der Waals surface area contributed by atoms with Gasteiger partial charge >= 0.3 is 0 Å². The van der Waals surface area contributed by atoms with Gasteiger partial charge < -0.3 is 20.1 Å². The molecule has 0 amide bonds. The first kappa shape index (κ1) is 20.4. The summed E-state index contributed by atoms with van der Waals surface area (Å²) in [4.78, 5) is 7.30. The summed E-state index contributed by atoms with van der Waals surface area (Å²) in [5.41, 5.74) is 0. The molecule has 2 aliphatic rings. The fourth-order valence-electron chi connectivity index (χ4n) is 3.61. The van der Waals surface area contributed by atoms with Crippen molar-refractivity contribution in [1.82, 2.24) is 30.3 Å². The molecule has 0 spiro atoms. The van der Waals surface area contributed by atoms with Crippen molar-refractivity contribution in [1.29, 1.82) is 0 Å². The maximum atomic E-state index is 4.74. The van der Waals surface area contributed by atoms with Crippen LogP contribution in [-0.2, 0) is 19.5 Å². The van der Waals surface area contributed by atoms with Crippen molar-refractivity contribution in [3.63, 3.8) is 0 Å². The first-order valence-electron chi connectivity index (χ1n) is 9.48. The maximum absolute atomic E-state index is 4.74. The van der Waals surface area contributed by atoms with E-state index in [0.29, 0.717) is 12.6 Å². The Morgan fingerprint density at radius 2 is 2.00 bits per heavy atom. The molecule has 1 aromatic rings. The number of hydrogen-bond acceptors (Lipinski definition) is 4. The van der Waals surface area contributed by atoms with Crippen LogP contribution in [0.2, 0.25) is 0 Å². The van der Waals surface area contributed by atoms with Gasteiger partial charge in [0.1, 0.15) is 12.4 Å². The minimum atomic E-state index is 0. The van der Waals surface area contributed by atoms with E-state index in [-0.39, 0.29) is 24.0 Å². The summed E-state index contributed by atoms with van der Waals surface area (Å²) >= 11 is 0. The lowest BCUT2D eigenvalue weighted by molar-refractivity contribution is 0.206. The molecular formula is C17H32IN7. The van der Waals surface area contributed by atoms with E-state index in [0.717, 1.165) is 37.1 Å². The summed E-state index contributed by atoms with van der Waals surface area (Å²) in [6.07, 6.45) is 5.84. The summed E-state index contributed by atoms with van der Waals surface area (Å²) in [7, 11) is 0. The van der Waals surface area contributed by atoms with Crippen LogP contribution in [0.15, 0.2) is 4.99 Å². The predicted octanol–water partition coefficient (Wildman–Crippen LogP) is 1.77. The van der Waals surface area contributed by atoms with Crippen molar-refractivity contribution in [2.75, 3.05) is 26.2 Å². The Bertz CT molecular complexity index is 549. The van der Waals surface area contributed by atoms with E-state index in [1.54, 1.807) is 0 Å². The number of rotatable bonds is 6. The lowest BCUT2D eigenvalue weighted by Crippen LogP contribution is -2.48. The summed E-state index contributed by atoms with van der Waals surface area (Å²) in [5, 5.41) is 15.5. The van der Waals surface area contributed by atoms with E-state index in [1.165, 1.54) is 45.3 Å². The van der Waals surface area contributed by atoms with Crippen molar-refractivity contribution in [2.45, 2.75) is 65.1 Å². The number of hydrogen-bond donors (Lipinski definition) is 2. The van der Waals surface area contributed by atoms with Crippen LogP contribution in [0.5, 0.6) is 0 Å². The normalized spacial score (nSPS) is 18.7. The molecule has 0 atom stereocenters. The molecule has 2 aliphatic heterocycles. The highest BCUT2D eigenvalue weighted by Gasteiger charge is 2.20. The molecule has 25 heavy (non-hydrogen) atoms. The highest BCUT2D eigenvalue weighted by atomic mass is 127. The lowest BCUT2D eigenvalue weighted by atomic mass is 10.1. The zero-order valence-corrected chi connectivity index (χ0v) is 17.8. The van der Waals surface area contributed by atoms with Crippen LogP contribution in [0.25, 0.3) is 0 Å². The van der Waals surface area contributed by atoms with Gasteiger partial charge in [-0.2, -0.15) is 0 Å². The van der Waals surface area contributed by atoms with Gasteiger partial charge in [-0.05, 0) is 39.2 Å². The van der Waals surface area contributed by atoms with E-state index < -0.39 is 0 Å². The molecule has 0 bridgehead atoms. The van der Waals surface area contributed by atoms with Crippen molar-refractivity contribution >= 4 is 29.9 Å². The number of halogens is 1. The molecule has 0 aromatic carbocycles. The Balaban J connectivity index is 0.00000225. The third-order valence-corrected chi connectivity index (χ3v) is 4.88. The van der Waals surface area contributed by atoms with Gasteiger partial charge in [-0.25, -0.2) is 4.99 Å². The lowest BCUT2D eigenvalue weighted by Gasteiger charge is -2.32. The number of nitrogens with one attached hydrogen (secondary N) is 2. The van der Waals surface area contributed by atoms with Crippen LogP contribution < -0.4 is 10.6 Å². The second-order valence-corrected chi connectivity index (χ2v) is 6.74. The predicted molar refractivity (Wildman–Crippen MR) is 111 cm³/mol. The average molecular weight is 461 g/mol. The molecule has 1 saturated heterocycles. The Kier molecular flexibility index (Phi) is 8.41.